The van der Waals surface area contributed by atoms with Crippen molar-refractivity contribution in [3.63, 3.8) is 0 Å². The molecule has 0 aliphatic carbocycles. The average Bonchev–Trinajstić information content (AvgIpc) is 3.11. The highest BCUT2D eigenvalue weighted by Crippen LogP contribution is 2.35. The van der Waals surface area contributed by atoms with E-state index in [0.29, 0.717) is 6.04 Å². The number of rotatable bonds is 2. The number of likely N-dealkylation sites (tertiary alicyclic amines) is 1. The maximum absolute atomic E-state index is 6.03. The third-order valence-electron chi connectivity index (χ3n) is 4.74. The van der Waals surface area contributed by atoms with Crippen LogP contribution >= 0.6 is 0 Å². The molecular weight excluding hydrogens is 264 g/mol. The van der Waals surface area contributed by atoms with E-state index in [9.17, 15) is 0 Å². The van der Waals surface area contributed by atoms with Gasteiger partial charge in [0.1, 0.15) is 17.6 Å². The number of hydrogen-bond acceptors (Lipinski definition) is 4. The maximum Gasteiger partial charge on any atom is 0.162 e. The molecule has 2 aliphatic rings. The van der Waals surface area contributed by atoms with Gasteiger partial charge in [0.25, 0.3) is 0 Å². The molecule has 0 N–H and O–H groups in total. The van der Waals surface area contributed by atoms with Crippen LogP contribution in [0.1, 0.15) is 50.2 Å². The van der Waals surface area contributed by atoms with Crippen molar-refractivity contribution in [1.29, 1.82) is 0 Å². The molecule has 2 aliphatic heterocycles. The Hall–Kier alpha value is -1.46. The minimum atomic E-state index is 0.0997. The molecule has 4 heterocycles. The predicted octanol–water partition coefficient (Wildman–Crippen LogP) is 2.90. The Morgan fingerprint density at radius 1 is 1.24 bits per heavy atom. The quantitative estimate of drug-likeness (QED) is 0.851. The summed E-state index contributed by atoms with van der Waals surface area (Å²) in [6, 6.07) is 4.41. The van der Waals surface area contributed by atoms with Crippen LogP contribution in [0.25, 0.3) is 11.2 Å². The number of nitrogens with zero attached hydrogens (tertiary/aromatic N) is 4. The zero-order valence-electron chi connectivity index (χ0n) is 12.5. The van der Waals surface area contributed by atoms with Crippen molar-refractivity contribution >= 4 is 11.2 Å². The van der Waals surface area contributed by atoms with Gasteiger partial charge < -0.3 is 4.74 Å². The third kappa shape index (κ3) is 2.24. The van der Waals surface area contributed by atoms with Crippen LogP contribution in [0.2, 0.25) is 0 Å². The molecule has 5 nitrogen and oxygen atoms in total. The van der Waals surface area contributed by atoms with Crippen molar-refractivity contribution in [2.75, 3.05) is 20.2 Å². The molecule has 2 saturated heterocycles. The van der Waals surface area contributed by atoms with Gasteiger partial charge in [-0.15, -0.1) is 0 Å². The summed E-state index contributed by atoms with van der Waals surface area (Å²) in [6.45, 7) is 1.99. The fourth-order valence-electron chi connectivity index (χ4n) is 3.63. The number of ether oxygens (including phenoxy) is 1. The Balaban J connectivity index is 1.84. The first-order valence-corrected chi connectivity index (χ1v) is 7.99. The predicted molar refractivity (Wildman–Crippen MR) is 81.0 cm³/mol. The van der Waals surface area contributed by atoms with Crippen LogP contribution in [-0.2, 0) is 4.74 Å². The Bertz CT molecular complexity index is 632. The molecular formula is C16H22N4O. The van der Waals surface area contributed by atoms with Crippen LogP contribution < -0.4 is 0 Å². The molecule has 0 bridgehead atoms. The summed E-state index contributed by atoms with van der Waals surface area (Å²) in [5.74, 6) is 1.13. The molecule has 2 unspecified atom stereocenters. The van der Waals surface area contributed by atoms with Crippen molar-refractivity contribution < 1.29 is 4.74 Å². The lowest BCUT2D eigenvalue weighted by atomic mass is 10.1. The highest BCUT2D eigenvalue weighted by atomic mass is 16.5. The molecule has 4 rings (SSSR count). The zero-order valence-corrected chi connectivity index (χ0v) is 12.5. The Morgan fingerprint density at radius 2 is 2.19 bits per heavy atom. The van der Waals surface area contributed by atoms with Gasteiger partial charge in [0.05, 0.1) is 6.04 Å². The first-order valence-electron chi connectivity index (χ1n) is 7.99. The van der Waals surface area contributed by atoms with Crippen molar-refractivity contribution in [3.05, 3.63) is 24.2 Å². The summed E-state index contributed by atoms with van der Waals surface area (Å²) in [5.41, 5.74) is 1.96. The van der Waals surface area contributed by atoms with Gasteiger partial charge in [-0.2, -0.15) is 0 Å². The summed E-state index contributed by atoms with van der Waals surface area (Å²) < 4.78 is 8.30. The molecule has 2 aromatic heterocycles. The van der Waals surface area contributed by atoms with Crippen molar-refractivity contribution in [2.24, 2.45) is 0 Å². The van der Waals surface area contributed by atoms with Gasteiger partial charge in [-0.25, -0.2) is 9.97 Å². The van der Waals surface area contributed by atoms with Crippen LogP contribution in [0, 0.1) is 0 Å². The van der Waals surface area contributed by atoms with Crippen LogP contribution in [0.5, 0.6) is 0 Å². The van der Waals surface area contributed by atoms with Crippen molar-refractivity contribution in [2.45, 2.75) is 44.4 Å². The molecule has 21 heavy (non-hydrogen) atoms. The van der Waals surface area contributed by atoms with E-state index in [1.165, 1.54) is 19.3 Å². The lowest BCUT2D eigenvalue weighted by Gasteiger charge is -2.28. The number of aromatic nitrogens is 3. The van der Waals surface area contributed by atoms with Gasteiger partial charge >= 0.3 is 0 Å². The second-order valence-corrected chi connectivity index (χ2v) is 6.15. The van der Waals surface area contributed by atoms with Gasteiger partial charge in [-0.3, -0.25) is 9.47 Å². The average molecular weight is 286 g/mol. The molecule has 0 saturated carbocycles. The molecule has 0 spiro atoms. The lowest BCUT2D eigenvalue weighted by Crippen LogP contribution is -2.25. The lowest BCUT2D eigenvalue weighted by molar-refractivity contribution is -0.0328. The van der Waals surface area contributed by atoms with E-state index in [1.807, 2.05) is 12.3 Å². The molecule has 0 amide bonds. The fourth-order valence-corrected chi connectivity index (χ4v) is 3.63. The van der Waals surface area contributed by atoms with Crippen LogP contribution in [-0.4, -0.2) is 39.6 Å². The zero-order chi connectivity index (χ0) is 14.2. The smallest absolute Gasteiger partial charge is 0.162 e. The largest absolute Gasteiger partial charge is 0.358 e. The molecule has 2 fully saturated rings. The van der Waals surface area contributed by atoms with E-state index in [2.05, 4.69) is 27.6 Å². The van der Waals surface area contributed by atoms with Gasteiger partial charge in [0.15, 0.2) is 5.65 Å². The molecule has 0 aromatic carbocycles. The summed E-state index contributed by atoms with van der Waals surface area (Å²) in [7, 11) is 2.19. The van der Waals surface area contributed by atoms with Crippen LogP contribution in [0.15, 0.2) is 18.3 Å². The first-order chi connectivity index (χ1) is 10.3. The number of imidazole rings is 1. The summed E-state index contributed by atoms with van der Waals surface area (Å²) >= 11 is 0. The molecule has 5 heteroatoms. The number of fused-ring (bicyclic) bond motifs is 1. The molecule has 0 radical (unpaired) electrons. The molecule has 112 valence electrons. The minimum absolute atomic E-state index is 0.0997. The van der Waals surface area contributed by atoms with E-state index in [-0.39, 0.29) is 6.23 Å². The van der Waals surface area contributed by atoms with Gasteiger partial charge in [-0.1, -0.05) is 0 Å². The van der Waals surface area contributed by atoms with E-state index < -0.39 is 0 Å². The summed E-state index contributed by atoms with van der Waals surface area (Å²) in [5, 5.41) is 0. The number of pyridine rings is 1. The molecule has 2 aromatic rings. The van der Waals surface area contributed by atoms with Gasteiger partial charge in [-0.05, 0) is 57.8 Å². The summed E-state index contributed by atoms with van der Waals surface area (Å²) in [4.78, 5) is 11.9. The Kier molecular flexibility index (Phi) is 3.39. The molecule has 2 atom stereocenters. The van der Waals surface area contributed by atoms with Crippen molar-refractivity contribution in [1.82, 2.24) is 19.4 Å². The summed E-state index contributed by atoms with van der Waals surface area (Å²) in [6.07, 6.45) is 7.81. The maximum atomic E-state index is 6.03. The number of hydrogen-bond donors (Lipinski definition) is 0. The highest BCUT2D eigenvalue weighted by molar-refractivity contribution is 5.71. The fraction of sp³-hybridized carbons (Fsp3) is 0.625. The van der Waals surface area contributed by atoms with E-state index >= 15 is 0 Å². The van der Waals surface area contributed by atoms with Crippen molar-refractivity contribution in [3.8, 4) is 0 Å². The Labute approximate surface area is 124 Å². The Morgan fingerprint density at radius 3 is 2.95 bits per heavy atom. The van der Waals surface area contributed by atoms with Crippen LogP contribution in [0.3, 0.4) is 0 Å². The topological polar surface area (TPSA) is 43.2 Å². The van der Waals surface area contributed by atoms with E-state index in [0.717, 1.165) is 43.0 Å². The van der Waals surface area contributed by atoms with E-state index in [4.69, 9.17) is 9.72 Å². The minimum Gasteiger partial charge on any atom is -0.358 e. The van der Waals surface area contributed by atoms with Gasteiger partial charge in [0.2, 0.25) is 0 Å². The van der Waals surface area contributed by atoms with E-state index in [1.54, 1.807) is 0 Å². The highest BCUT2D eigenvalue weighted by Gasteiger charge is 2.31. The first kappa shape index (κ1) is 13.2. The van der Waals surface area contributed by atoms with Crippen LogP contribution in [0.4, 0.5) is 0 Å². The standard InChI is InChI=1S/C16H22N4O/c1-19-10-5-7-13(19)16-18-12-6-4-9-17-15(12)20(16)14-8-2-3-11-21-14/h4,6,9,13-14H,2-3,5,7-8,10-11H2,1H3. The second-order valence-electron chi connectivity index (χ2n) is 6.15. The second kappa shape index (κ2) is 5.39. The monoisotopic (exact) mass is 286 g/mol. The normalized spacial score (nSPS) is 27.5. The third-order valence-corrected chi connectivity index (χ3v) is 4.74. The SMILES string of the molecule is CN1CCCC1c1nc2cccnc2n1C1CCCCO1. The van der Waals surface area contributed by atoms with Gasteiger partial charge in [0, 0.05) is 12.8 Å².